The van der Waals surface area contributed by atoms with Gasteiger partial charge < -0.3 is 10.6 Å². The molecule has 1 aliphatic rings. The lowest BCUT2D eigenvalue weighted by Crippen LogP contribution is -2.50. The molecular formula is C16H28N4O. The van der Waals surface area contributed by atoms with E-state index >= 15 is 0 Å². The van der Waals surface area contributed by atoms with Crippen LogP contribution in [-0.2, 0) is 11.3 Å². The molecule has 1 saturated heterocycles. The summed E-state index contributed by atoms with van der Waals surface area (Å²) < 4.78 is 1.98. The monoisotopic (exact) mass is 292 g/mol. The minimum Gasteiger partial charge on any atom is -0.322 e. The summed E-state index contributed by atoms with van der Waals surface area (Å²) in [6.45, 7) is 10.3. The SMILES string of the molecule is CCC1(C(=O)Nc2cnn(CCC(C)C)c2C)CCCN1. The fourth-order valence-corrected chi connectivity index (χ4v) is 2.88. The van der Waals surface area contributed by atoms with E-state index < -0.39 is 5.54 Å². The summed E-state index contributed by atoms with van der Waals surface area (Å²) >= 11 is 0. The van der Waals surface area contributed by atoms with E-state index in [1.54, 1.807) is 6.20 Å². The van der Waals surface area contributed by atoms with E-state index in [4.69, 9.17) is 0 Å². The van der Waals surface area contributed by atoms with Gasteiger partial charge in [-0.05, 0) is 45.1 Å². The molecule has 1 aromatic rings. The topological polar surface area (TPSA) is 59.0 Å². The number of nitrogens with one attached hydrogen (secondary N) is 2. The van der Waals surface area contributed by atoms with Crippen molar-refractivity contribution in [3.05, 3.63) is 11.9 Å². The highest BCUT2D eigenvalue weighted by Gasteiger charge is 2.39. The number of rotatable bonds is 6. The van der Waals surface area contributed by atoms with Crippen LogP contribution in [0.2, 0.25) is 0 Å². The van der Waals surface area contributed by atoms with Crippen molar-refractivity contribution in [2.75, 3.05) is 11.9 Å². The highest BCUT2D eigenvalue weighted by Crippen LogP contribution is 2.25. The first kappa shape index (κ1) is 16.0. The molecule has 2 rings (SSSR count). The summed E-state index contributed by atoms with van der Waals surface area (Å²) in [7, 11) is 0. The normalized spacial score (nSPS) is 22.0. The number of amides is 1. The molecule has 0 aliphatic carbocycles. The number of carbonyl (C=O) groups is 1. The van der Waals surface area contributed by atoms with E-state index in [0.717, 1.165) is 50.2 Å². The molecule has 0 aromatic carbocycles. The zero-order chi connectivity index (χ0) is 15.5. The van der Waals surface area contributed by atoms with E-state index in [2.05, 4.69) is 36.5 Å². The van der Waals surface area contributed by atoms with Gasteiger partial charge in [0.1, 0.15) is 0 Å². The number of nitrogens with zero attached hydrogens (tertiary/aromatic N) is 2. The quantitative estimate of drug-likeness (QED) is 0.847. The maximum absolute atomic E-state index is 12.6. The predicted molar refractivity (Wildman–Crippen MR) is 85.3 cm³/mol. The van der Waals surface area contributed by atoms with Crippen molar-refractivity contribution in [3.63, 3.8) is 0 Å². The third-order valence-corrected chi connectivity index (χ3v) is 4.55. The molecule has 0 spiro atoms. The van der Waals surface area contributed by atoms with Gasteiger partial charge in [0, 0.05) is 6.54 Å². The average molecular weight is 292 g/mol. The van der Waals surface area contributed by atoms with Gasteiger partial charge in [0.2, 0.25) is 5.91 Å². The van der Waals surface area contributed by atoms with Gasteiger partial charge in [-0.3, -0.25) is 9.48 Å². The molecule has 1 atom stereocenters. The molecule has 1 unspecified atom stereocenters. The van der Waals surface area contributed by atoms with Gasteiger partial charge in [0.25, 0.3) is 0 Å². The molecule has 0 radical (unpaired) electrons. The van der Waals surface area contributed by atoms with Crippen LogP contribution >= 0.6 is 0 Å². The lowest BCUT2D eigenvalue weighted by molar-refractivity contribution is -0.122. The first-order chi connectivity index (χ1) is 9.98. The lowest BCUT2D eigenvalue weighted by atomic mass is 9.93. The van der Waals surface area contributed by atoms with Crippen molar-refractivity contribution in [3.8, 4) is 0 Å². The number of hydrogen-bond acceptors (Lipinski definition) is 3. The van der Waals surface area contributed by atoms with Gasteiger partial charge >= 0.3 is 0 Å². The Bertz CT molecular complexity index is 486. The number of anilines is 1. The minimum atomic E-state index is -0.396. The largest absolute Gasteiger partial charge is 0.322 e. The van der Waals surface area contributed by atoms with Gasteiger partial charge in [-0.1, -0.05) is 20.8 Å². The number of carbonyl (C=O) groups excluding carboxylic acids is 1. The summed E-state index contributed by atoms with van der Waals surface area (Å²) in [6.07, 6.45) is 5.66. The van der Waals surface area contributed by atoms with Crippen LogP contribution in [-0.4, -0.2) is 27.8 Å². The van der Waals surface area contributed by atoms with Gasteiger partial charge in [0.15, 0.2) is 0 Å². The molecule has 0 bridgehead atoms. The second-order valence-corrected chi connectivity index (χ2v) is 6.47. The maximum atomic E-state index is 12.6. The van der Waals surface area contributed by atoms with Crippen LogP contribution in [0.15, 0.2) is 6.20 Å². The highest BCUT2D eigenvalue weighted by atomic mass is 16.2. The van der Waals surface area contributed by atoms with E-state index in [1.807, 2.05) is 11.6 Å². The Morgan fingerprint density at radius 3 is 2.90 bits per heavy atom. The third kappa shape index (κ3) is 3.46. The van der Waals surface area contributed by atoms with Crippen molar-refractivity contribution in [2.24, 2.45) is 5.92 Å². The molecule has 0 saturated carbocycles. The molecule has 1 fully saturated rings. The van der Waals surface area contributed by atoms with E-state index in [0.29, 0.717) is 5.92 Å². The van der Waals surface area contributed by atoms with Crippen molar-refractivity contribution in [1.82, 2.24) is 15.1 Å². The smallest absolute Gasteiger partial charge is 0.244 e. The second-order valence-electron chi connectivity index (χ2n) is 6.47. The first-order valence-corrected chi connectivity index (χ1v) is 8.07. The van der Waals surface area contributed by atoms with Crippen molar-refractivity contribution >= 4 is 11.6 Å². The zero-order valence-electron chi connectivity index (χ0n) is 13.7. The molecule has 1 aliphatic heterocycles. The fourth-order valence-electron chi connectivity index (χ4n) is 2.88. The summed E-state index contributed by atoms with van der Waals surface area (Å²) in [5.74, 6) is 0.728. The number of aryl methyl sites for hydroxylation is 1. The minimum absolute atomic E-state index is 0.0778. The number of aromatic nitrogens is 2. The molecule has 5 nitrogen and oxygen atoms in total. The van der Waals surface area contributed by atoms with Crippen LogP contribution in [0.1, 0.15) is 52.1 Å². The highest BCUT2D eigenvalue weighted by molar-refractivity contribution is 5.98. The molecule has 1 amide bonds. The molecular weight excluding hydrogens is 264 g/mol. The molecule has 118 valence electrons. The third-order valence-electron chi connectivity index (χ3n) is 4.55. The molecule has 2 heterocycles. The van der Waals surface area contributed by atoms with Crippen molar-refractivity contribution < 1.29 is 4.79 Å². The summed E-state index contributed by atoms with van der Waals surface area (Å²) in [5, 5.41) is 10.8. The van der Waals surface area contributed by atoms with Gasteiger partial charge in [-0.15, -0.1) is 0 Å². The maximum Gasteiger partial charge on any atom is 0.244 e. The Balaban J connectivity index is 2.04. The summed E-state index contributed by atoms with van der Waals surface area (Å²) in [6, 6.07) is 0. The summed E-state index contributed by atoms with van der Waals surface area (Å²) in [4.78, 5) is 12.6. The fraction of sp³-hybridized carbons (Fsp3) is 0.750. The zero-order valence-corrected chi connectivity index (χ0v) is 13.7. The van der Waals surface area contributed by atoms with Crippen LogP contribution in [0.3, 0.4) is 0 Å². The Morgan fingerprint density at radius 2 is 2.33 bits per heavy atom. The van der Waals surface area contributed by atoms with Crippen molar-refractivity contribution in [2.45, 2.75) is 65.5 Å². The van der Waals surface area contributed by atoms with E-state index in [1.165, 1.54) is 0 Å². The van der Waals surface area contributed by atoms with Crippen LogP contribution in [0, 0.1) is 12.8 Å². The molecule has 21 heavy (non-hydrogen) atoms. The van der Waals surface area contributed by atoms with E-state index in [9.17, 15) is 4.79 Å². The standard InChI is InChI=1S/C16H28N4O/c1-5-16(8-6-9-17-16)15(21)19-14-11-18-20(13(14)4)10-7-12(2)3/h11-12,17H,5-10H2,1-4H3,(H,19,21). The van der Waals surface area contributed by atoms with Crippen LogP contribution < -0.4 is 10.6 Å². The molecule has 2 N–H and O–H groups in total. The van der Waals surface area contributed by atoms with Gasteiger partial charge in [-0.25, -0.2) is 0 Å². The van der Waals surface area contributed by atoms with Crippen molar-refractivity contribution in [1.29, 1.82) is 0 Å². The first-order valence-electron chi connectivity index (χ1n) is 8.07. The molecule has 1 aromatic heterocycles. The summed E-state index contributed by atoms with van der Waals surface area (Å²) in [5.41, 5.74) is 1.48. The Hall–Kier alpha value is -1.36. The van der Waals surface area contributed by atoms with Gasteiger partial charge in [0.05, 0.1) is 23.1 Å². The van der Waals surface area contributed by atoms with E-state index in [-0.39, 0.29) is 5.91 Å². The van der Waals surface area contributed by atoms with Crippen LogP contribution in [0.5, 0.6) is 0 Å². The second kappa shape index (κ2) is 6.60. The van der Waals surface area contributed by atoms with Crippen LogP contribution in [0.4, 0.5) is 5.69 Å². The van der Waals surface area contributed by atoms with Gasteiger partial charge in [-0.2, -0.15) is 5.10 Å². The Kier molecular flexibility index (Phi) is 5.04. The lowest BCUT2D eigenvalue weighted by Gasteiger charge is -2.26. The average Bonchev–Trinajstić information content (AvgIpc) is 3.06. The van der Waals surface area contributed by atoms with Crippen LogP contribution in [0.25, 0.3) is 0 Å². The molecule has 5 heteroatoms. The Morgan fingerprint density at radius 1 is 1.57 bits per heavy atom. The predicted octanol–water partition coefficient (Wildman–Crippen LogP) is 2.71. The Labute approximate surface area is 127 Å². The number of hydrogen-bond donors (Lipinski definition) is 2.